The standard InChI is InChI=1S/C17H14O5/c1-8-5-10-12(7-19)9-3-2-4-13(20)14(9)17(22)15(10)16(21)11(8)6-18/h5-7,21-22H,2-4H2,1H3. The summed E-state index contributed by atoms with van der Waals surface area (Å²) in [6.07, 6.45) is 2.56. The van der Waals surface area contributed by atoms with Gasteiger partial charge in [-0.2, -0.15) is 0 Å². The molecule has 3 rings (SSSR count). The second kappa shape index (κ2) is 4.94. The molecule has 0 bridgehead atoms. The predicted molar refractivity (Wildman–Crippen MR) is 80.1 cm³/mol. The van der Waals surface area contributed by atoms with E-state index >= 15 is 0 Å². The van der Waals surface area contributed by atoms with Crippen molar-refractivity contribution in [2.75, 3.05) is 0 Å². The summed E-state index contributed by atoms with van der Waals surface area (Å²) in [5.74, 6) is -0.996. The number of aldehydes is 2. The molecule has 0 atom stereocenters. The molecule has 2 aromatic carbocycles. The minimum absolute atomic E-state index is 0.0104. The average Bonchev–Trinajstić information content (AvgIpc) is 2.47. The Balaban J connectivity index is 2.59. The van der Waals surface area contributed by atoms with Crippen molar-refractivity contribution in [3.63, 3.8) is 0 Å². The van der Waals surface area contributed by atoms with E-state index in [4.69, 9.17) is 0 Å². The number of carbonyl (C=O) groups excluding carboxylic acids is 3. The maximum Gasteiger partial charge on any atom is 0.166 e. The van der Waals surface area contributed by atoms with E-state index in [9.17, 15) is 24.6 Å². The molecule has 0 spiro atoms. The Kier molecular flexibility index (Phi) is 3.20. The molecule has 0 saturated carbocycles. The van der Waals surface area contributed by atoms with Gasteiger partial charge >= 0.3 is 0 Å². The first-order valence-electron chi connectivity index (χ1n) is 6.98. The van der Waals surface area contributed by atoms with Crippen molar-refractivity contribution in [3.8, 4) is 11.5 Å². The molecular formula is C17H14O5. The molecule has 5 heteroatoms. The van der Waals surface area contributed by atoms with Crippen LogP contribution in [-0.2, 0) is 6.42 Å². The Bertz CT molecular complexity index is 848. The Labute approximate surface area is 126 Å². The van der Waals surface area contributed by atoms with Crippen LogP contribution in [0.3, 0.4) is 0 Å². The molecule has 2 N–H and O–H groups in total. The number of hydrogen-bond donors (Lipinski definition) is 2. The summed E-state index contributed by atoms with van der Waals surface area (Å²) >= 11 is 0. The van der Waals surface area contributed by atoms with E-state index < -0.39 is 5.75 Å². The fourth-order valence-corrected chi connectivity index (χ4v) is 3.23. The van der Waals surface area contributed by atoms with Crippen molar-refractivity contribution in [1.82, 2.24) is 0 Å². The van der Waals surface area contributed by atoms with Gasteiger partial charge in [-0.05, 0) is 37.0 Å². The number of rotatable bonds is 2. The molecule has 5 nitrogen and oxygen atoms in total. The number of hydrogen-bond acceptors (Lipinski definition) is 5. The highest BCUT2D eigenvalue weighted by Gasteiger charge is 2.28. The van der Waals surface area contributed by atoms with Gasteiger partial charge in [0.25, 0.3) is 0 Å². The van der Waals surface area contributed by atoms with Crippen molar-refractivity contribution >= 4 is 29.1 Å². The number of carbonyl (C=O) groups is 3. The fraction of sp³-hybridized carbons (Fsp3) is 0.235. The van der Waals surface area contributed by atoms with Gasteiger partial charge in [-0.15, -0.1) is 0 Å². The lowest BCUT2D eigenvalue weighted by Gasteiger charge is -2.21. The van der Waals surface area contributed by atoms with E-state index in [-0.39, 0.29) is 34.5 Å². The van der Waals surface area contributed by atoms with Crippen LogP contribution in [0, 0.1) is 6.92 Å². The van der Waals surface area contributed by atoms with Crippen LogP contribution in [0.2, 0.25) is 0 Å². The van der Waals surface area contributed by atoms with Crippen LogP contribution in [0.25, 0.3) is 10.8 Å². The van der Waals surface area contributed by atoms with E-state index in [1.54, 1.807) is 13.0 Å². The lowest BCUT2D eigenvalue weighted by molar-refractivity contribution is 0.0969. The van der Waals surface area contributed by atoms with E-state index in [0.29, 0.717) is 47.5 Å². The van der Waals surface area contributed by atoms with Crippen LogP contribution in [0.5, 0.6) is 11.5 Å². The van der Waals surface area contributed by atoms with Crippen LogP contribution in [0.4, 0.5) is 0 Å². The second-order valence-electron chi connectivity index (χ2n) is 5.51. The number of phenolic OH excluding ortho intramolecular Hbond substituents is 2. The lowest BCUT2D eigenvalue weighted by atomic mass is 9.82. The largest absolute Gasteiger partial charge is 0.506 e. The molecule has 112 valence electrons. The van der Waals surface area contributed by atoms with E-state index in [1.165, 1.54) is 0 Å². The Morgan fingerprint density at radius 3 is 2.36 bits per heavy atom. The predicted octanol–water partition coefficient (Wildman–Crippen LogP) is 2.70. The third-order valence-corrected chi connectivity index (χ3v) is 4.28. The van der Waals surface area contributed by atoms with Crippen molar-refractivity contribution in [1.29, 1.82) is 0 Å². The van der Waals surface area contributed by atoms with E-state index in [0.717, 1.165) is 0 Å². The van der Waals surface area contributed by atoms with E-state index in [1.807, 2.05) is 0 Å². The molecule has 0 saturated heterocycles. The minimum atomic E-state index is -0.397. The molecule has 0 fully saturated rings. The van der Waals surface area contributed by atoms with Crippen LogP contribution in [0.15, 0.2) is 6.07 Å². The molecule has 2 aromatic rings. The van der Waals surface area contributed by atoms with Crippen molar-refractivity contribution in [2.24, 2.45) is 0 Å². The number of aryl methyl sites for hydroxylation is 1. The topological polar surface area (TPSA) is 91.7 Å². The first kappa shape index (κ1) is 14.3. The summed E-state index contributed by atoms with van der Waals surface area (Å²) in [5.41, 5.74) is 1.46. The third-order valence-electron chi connectivity index (χ3n) is 4.28. The van der Waals surface area contributed by atoms with Crippen molar-refractivity contribution in [2.45, 2.75) is 26.2 Å². The zero-order valence-electron chi connectivity index (χ0n) is 12.0. The van der Waals surface area contributed by atoms with Gasteiger partial charge in [-0.25, -0.2) is 0 Å². The summed E-state index contributed by atoms with van der Waals surface area (Å²) < 4.78 is 0. The fourth-order valence-electron chi connectivity index (χ4n) is 3.23. The second-order valence-corrected chi connectivity index (χ2v) is 5.51. The van der Waals surface area contributed by atoms with Crippen LogP contribution in [0.1, 0.15) is 55.0 Å². The molecule has 0 radical (unpaired) electrons. The Morgan fingerprint density at radius 2 is 1.73 bits per heavy atom. The molecule has 0 amide bonds. The lowest BCUT2D eigenvalue weighted by Crippen LogP contribution is -2.14. The van der Waals surface area contributed by atoms with Crippen LogP contribution in [-0.4, -0.2) is 28.6 Å². The maximum absolute atomic E-state index is 12.1. The highest BCUT2D eigenvalue weighted by molar-refractivity contribution is 6.15. The zero-order valence-corrected chi connectivity index (χ0v) is 12.0. The van der Waals surface area contributed by atoms with Crippen molar-refractivity contribution < 1.29 is 24.6 Å². The summed E-state index contributed by atoms with van der Waals surface area (Å²) in [6.45, 7) is 1.64. The van der Waals surface area contributed by atoms with Gasteiger partial charge < -0.3 is 10.2 Å². The average molecular weight is 298 g/mol. The summed E-state index contributed by atoms with van der Waals surface area (Å²) in [4.78, 5) is 34.8. The third kappa shape index (κ3) is 1.75. The molecular weight excluding hydrogens is 284 g/mol. The quantitative estimate of drug-likeness (QED) is 0.832. The number of benzene rings is 2. The van der Waals surface area contributed by atoms with Crippen LogP contribution >= 0.6 is 0 Å². The van der Waals surface area contributed by atoms with Gasteiger partial charge in [0.2, 0.25) is 0 Å². The molecule has 0 aromatic heterocycles. The zero-order chi connectivity index (χ0) is 16.0. The molecule has 22 heavy (non-hydrogen) atoms. The minimum Gasteiger partial charge on any atom is -0.506 e. The Hall–Kier alpha value is -2.69. The first-order valence-corrected chi connectivity index (χ1v) is 6.98. The highest BCUT2D eigenvalue weighted by atomic mass is 16.3. The van der Waals surface area contributed by atoms with Gasteiger partial charge in [-0.1, -0.05) is 0 Å². The van der Waals surface area contributed by atoms with Gasteiger partial charge in [-0.3, -0.25) is 14.4 Å². The summed E-state index contributed by atoms with van der Waals surface area (Å²) in [5, 5.41) is 21.1. The number of phenols is 2. The monoisotopic (exact) mass is 298 g/mol. The Morgan fingerprint density at radius 1 is 1.05 bits per heavy atom. The molecule has 1 aliphatic carbocycles. The number of fused-ring (bicyclic) bond motifs is 2. The van der Waals surface area contributed by atoms with Crippen LogP contribution < -0.4 is 0 Å². The highest BCUT2D eigenvalue weighted by Crippen LogP contribution is 2.44. The number of ketones is 1. The normalized spacial score (nSPS) is 14.0. The van der Waals surface area contributed by atoms with Gasteiger partial charge in [0.05, 0.1) is 16.5 Å². The SMILES string of the molecule is Cc1cc2c(C=O)c3c(c(O)c2c(O)c1C=O)C(=O)CCC3. The smallest absolute Gasteiger partial charge is 0.166 e. The van der Waals surface area contributed by atoms with E-state index in [2.05, 4.69) is 0 Å². The molecule has 0 aliphatic heterocycles. The summed E-state index contributed by atoms with van der Waals surface area (Å²) in [7, 11) is 0. The number of aromatic hydroxyl groups is 2. The van der Waals surface area contributed by atoms with Gasteiger partial charge in [0.15, 0.2) is 18.4 Å². The summed E-state index contributed by atoms with van der Waals surface area (Å²) in [6, 6.07) is 1.58. The van der Waals surface area contributed by atoms with Gasteiger partial charge in [0, 0.05) is 17.4 Å². The number of Topliss-reactive ketones (excluding diaryl/α,β-unsaturated/α-hetero) is 1. The first-order chi connectivity index (χ1) is 10.5. The molecule has 0 heterocycles. The molecule has 1 aliphatic rings. The molecule has 0 unspecified atom stereocenters. The maximum atomic E-state index is 12.1. The van der Waals surface area contributed by atoms with Gasteiger partial charge in [0.1, 0.15) is 11.5 Å². The van der Waals surface area contributed by atoms with Crippen molar-refractivity contribution in [3.05, 3.63) is 33.9 Å².